The number of ether oxygens (including phenoxy) is 1. The maximum atomic E-state index is 12.5. The van der Waals surface area contributed by atoms with Crippen LogP contribution in [0.2, 0.25) is 0 Å². The molecule has 2 saturated heterocycles. The quantitative estimate of drug-likeness (QED) is 0.786. The first-order chi connectivity index (χ1) is 14.2. The van der Waals surface area contributed by atoms with Gasteiger partial charge in [-0.05, 0) is 36.9 Å². The number of amides is 1. The first-order valence-corrected chi connectivity index (χ1v) is 11.2. The molecule has 0 radical (unpaired) electrons. The summed E-state index contributed by atoms with van der Waals surface area (Å²) in [4.78, 5) is 21.5. The number of anilines is 1. The van der Waals surface area contributed by atoms with Crippen molar-refractivity contribution in [3.63, 3.8) is 0 Å². The van der Waals surface area contributed by atoms with Gasteiger partial charge in [-0.25, -0.2) is 0 Å². The molecule has 7 heteroatoms. The molecule has 0 atom stereocenters. The Labute approximate surface area is 177 Å². The van der Waals surface area contributed by atoms with Crippen LogP contribution in [0, 0.1) is 0 Å². The number of rotatable bonds is 6. The Bertz CT molecular complexity index is 793. The summed E-state index contributed by atoms with van der Waals surface area (Å²) in [5.74, 6) is 0.0172. The molecule has 0 saturated carbocycles. The van der Waals surface area contributed by atoms with E-state index in [0.29, 0.717) is 6.54 Å². The standard InChI is InChI=1S/C22H30N4O2S/c1-24-10-12-26(13-11-24)19-4-2-18(3-5-19)20-6-7-21(29-20)22(27)23-8-9-25-14-16-28-17-15-25/h2-7H,8-17H2,1H3,(H,23,27). The Kier molecular flexibility index (Phi) is 6.82. The van der Waals surface area contributed by atoms with E-state index in [1.807, 2.05) is 12.1 Å². The average molecular weight is 415 g/mol. The minimum atomic E-state index is 0.0172. The van der Waals surface area contributed by atoms with E-state index in [2.05, 4.69) is 51.3 Å². The molecule has 1 amide bonds. The molecule has 29 heavy (non-hydrogen) atoms. The van der Waals surface area contributed by atoms with Gasteiger partial charge in [-0.3, -0.25) is 9.69 Å². The lowest BCUT2D eigenvalue weighted by atomic mass is 10.1. The fraction of sp³-hybridized carbons (Fsp3) is 0.500. The number of carbonyl (C=O) groups is 1. The van der Waals surface area contributed by atoms with Crippen molar-refractivity contribution in [2.24, 2.45) is 0 Å². The molecule has 1 aromatic heterocycles. The Morgan fingerprint density at radius 3 is 2.45 bits per heavy atom. The van der Waals surface area contributed by atoms with Gasteiger partial charge in [-0.2, -0.15) is 0 Å². The maximum Gasteiger partial charge on any atom is 0.261 e. The van der Waals surface area contributed by atoms with Crippen molar-refractivity contribution in [3.8, 4) is 10.4 Å². The molecule has 0 spiro atoms. The number of morpholine rings is 1. The predicted molar refractivity (Wildman–Crippen MR) is 119 cm³/mol. The second-order valence-corrected chi connectivity index (χ2v) is 8.79. The van der Waals surface area contributed by atoms with Gasteiger partial charge < -0.3 is 19.9 Å². The average Bonchev–Trinajstić information content (AvgIpc) is 3.26. The number of hydrogen-bond donors (Lipinski definition) is 1. The van der Waals surface area contributed by atoms with E-state index in [4.69, 9.17) is 4.74 Å². The van der Waals surface area contributed by atoms with Gasteiger partial charge in [0, 0.05) is 62.9 Å². The van der Waals surface area contributed by atoms with Crippen LogP contribution in [0.1, 0.15) is 9.67 Å². The van der Waals surface area contributed by atoms with Crippen molar-refractivity contribution in [1.82, 2.24) is 15.1 Å². The zero-order valence-electron chi connectivity index (χ0n) is 17.1. The monoisotopic (exact) mass is 414 g/mol. The summed E-state index contributed by atoms with van der Waals surface area (Å²) in [6.45, 7) is 9.38. The third-order valence-electron chi connectivity index (χ3n) is 5.67. The van der Waals surface area contributed by atoms with Crippen LogP contribution in [0.3, 0.4) is 0 Å². The number of piperazine rings is 1. The number of nitrogens with zero attached hydrogens (tertiary/aromatic N) is 3. The van der Waals surface area contributed by atoms with Gasteiger partial charge in [0.2, 0.25) is 0 Å². The van der Waals surface area contributed by atoms with Gasteiger partial charge >= 0.3 is 0 Å². The Morgan fingerprint density at radius 2 is 1.72 bits per heavy atom. The molecule has 3 heterocycles. The third kappa shape index (κ3) is 5.36. The number of nitrogens with one attached hydrogen (secondary N) is 1. The van der Waals surface area contributed by atoms with E-state index in [1.165, 1.54) is 11.3 Å². The van der Waals surface area contributed by atoms with Crippen LogP contribution in [0.15, 0.2) is 36.4 Å². The molecule has 2 fully saturated rings. The van der Waals surface area contributed by atoms with Crippen molar-refractivity contribution in [3.05, 3.63) is 41.3 Å². The van der Waals surface area contributed by atoms with Gasteiger partial charge in [-0.15, -0.1) is 11.3 Å². The molecule has 4 rings (SSSR count). The lowest BCUT2D eigenvalue weighted by Gasteiger charge is -2.34. The fourth-order valence-corrected chi connectivity index (χ4v) is 4.68. The topological polar surface area (TPSA) is 48.0 Å². The molecule has 0 unspecified atom stereocenters. The summed E-state index contributed by atoms with van der Waals surface area (Å²) in [6.07, 6.45) is 0. The highest BCUT2D eigenvalue weighted by atomic mass is 32.1. The van der Waals surface area contributed by atoms with Gasteiger partial charge in [0.05, 0.1) is 18.1 Å². The number of benzene rings is 1. The summed E-state index contributed by atoms with van der Waals surface area (Å²) in [5.41, 5.74) is 2.44. The van der Waals surface area contributed by atoms with Gasteiger partial charge in [0.15, 0.2) is 0 Å². The van der Waals surface area contributed by atoms with Gasteiger partial charge in [0.1, 0.15) is 0 Å². The predicted octanol–water partition coefficient (Wildman–Crippen LogP) is 2.23. The molecule has 2 aliphatic heterocycles. The zero-order valence-corrected chi connectivity index (χ0v) is 17.9. The molecular formula is C22H30N4O2S. The highest BCUT2D eigenvalue weighted by Crippen LogP contribution is 2.30. The van der Waals surface area contributed by atoms with Crippen LogP contribution in [0.4, 0.5) is 5.69 Å². The minimum Gasteiger partial charge on any atom is -0.379 e. The van der Waals surface area contributed by atoms with E-state index < -0.39 is 0 Å². The van der Waals surface area contributed by atoms with Crippen molar-refractivity contribution in [2.75, 3.05) is 77.5 Å². The second kappa shape index (κ2) is 9.71. The molecule has 2 aromatic rings. The van der Waals surface area contributed by atoms with E-state index in [0.717, 1.165) is 68.8 Å². The van der Waals surface area contributed by atoms with Gasteiger partial charge in [0.25, 0.3) is 5.91 Å². The largest absolute Gasteiger partial charge is 0.379 e. The summed E-state index contributed by atoms with van der Waals surface area (Å²) < 4.78 is 5.36. The van der Waals surface area contributed by atoms with Crippen LogP contribution >= 0.6 is 11.3 Å². The zero-order chi connectivity index (χ0) is 20.1. The highest BCUT2D eigenvalue weighted by molar-refractivity contribution is 7.17. The summed E-state index contributed by atoms with van der Waals surface area (Å²) in [6, 6.07) is 12.7. The lowest BCUT2D eigenvalue weighted by molar-refractivity contribution is 0.0383. The van der Waals surface area contributed by atoms with Crippen molar-refractivity contribution >= 4 is 22.9 Å². The maximum absolute atomic E-state index is 12.5. The first kappa shape index (κ1) is 20.3. The van der Waals surface area contributed by atoms with Crippen LogP contribution in [0.25, 0.3) is 10.4 Å². The fourth-order valence-electron chi connectivity index (χ4n) is 3.76. The molecule has 1 N–H and O–H groups in total. The summed E-state index contributed by atoms with van der Waals surface area (Å²) in [7, 11) is 2.17. The molecule has 0 bridgehead atoms. The Balaban J connectivity index is 1.30. The van der Waals surface area contributed by atoms with E-state index in [1.54, 1.807) is 11.3 Å². The number of thiophene rings is 1. The van der Waals surface area contributed by atoms with Crippen molar-refractivity contribution in [1.29, 1.82) is 0 Å². The molecule has 1 aromatic carbocycles. The smallest absolute Gasteiger partial charge is 0.261 e. The molecule has 156 valence electrons. The third-order valence-corrected chi connectivity index (χ3v) is 6.80. The van der Waals surface area contributed by atoms with Crippen LogP contribution in [-0.4, -0.2) is 88.3 Å². The van der Waals surface area contributed by atoms with Crippen LogP contribution in [-0.2, 0) is 4.74 Å². The van der Waals surface area contributed by atoms with Crippen molar-refractivity contribution in [2.45, 2.75) is 0 Å². The van der Waals surface area contributed by atoms with E-state index in [9.17, 15) is 4.79 Å². The van der Waals surface area contributed by atoms with E-state index >= 15 is 0 Å². The highest BCUT2D eigenvalue weighted by Gasteiger charge is 2.15. The van der Waals surface area contributed by atoms with Crippen molar-refractivity contribution < 1.29 is 9.53 Å². The lowest BCUT2D eigenvalue weighted by Crippen LogP contribution is -2.44. The SMILES string of the molecule is CN1CCN(c2ccc(-c3ccc(C(=O)NCCN4CCOCC4)s3)cc2)CC1. The Hall–Kier alpha value is -1.93. The number of hydrogen-bond acceptors (Lipinski definition) is 6. The second-order valence-electron chi connectivity index (χ2n) is 7.71. The normalized spacial score (nSPS) is 18.7. The number of carbonyl (C=O) groups excluding carboxylic acids is 1. The molecule has 6 nitrogen and oxygen atoms in total. The molecular weight excluding hydrogens is 384 g/mol. The van der Waals surface area contributed by atoms with Gasteiger partial charge in [-0.1, -0.05) is 12.1 Å². The number of likely N-dealkylation sites (N-methyl/N-ethyl adjacent to an activating group) is 1. The van der Waals surface area contributed by atoms with Crippen LogP contribution < -0.4 is 10.2 Å². The van der Waals surface area contributed by atoms with Crippen LogP contribution in [0.5, 0.6) is 0 Å². The summed E-state index contributed by atoms with van der Waals surface area (Å²) >= 11 is 1.56. The molecule has 2 aliphatic rings. The minimum absolute atomic E-state index is 0.0172. The molecule has 0 aliphatic carbocycles. The Morgan fingerprint density at radius 1 is 1.00 bits per heavy atom. The van der Waals surface area contributed by atoms with E-state index in [-0.39, 0.29) is 5.91 Å². The first-order valence-electron chi connectivity index (χ1n) is 10.4. The summed E-state index contributed by atoms with van der Waals surface area (Å²) in [5, 5.41) is 3.05.